The third-order valence-electron chi connectivity index (χ3n) is 1.22. The largest absolute Gasteiger partial charge is 0.496 e. The monoisotopic (exact) mass is 378 g/mol. The van der Waals surface area contributed by atoms with Crippen molar-refractivity contribution < 1.29 is 9.13 Å². The minimum Gasteiger partial charge on any atom is -0.496 e. The molecule has 4 heteroatoms. The lowest BCUT2D eigenvalue weighted by molar-refractivity contribution is 0.407. The van der Waals surface area contributed by atoms with E-state index in [2.05, 4.69) is 0 Å². The summed E-state index contributed by atoms with van der Waals surface area (Å²) in [4.78, 5) is 0. The van der Waals surface area contributed by atoms with Gasteiger partial charge in [0.25, 0.3) is 0 Å². The molecule has 0 aliphatic rings. The molecule has 0 aromatic heterocycles. The molecule has 1 rings (SSSR count). The minimum absolute atomic E-state index is 0.203. The Labute approximate surface area is 91.6 Å². The van der Waals surface area contributed by atoms with Crippen LogP contribution in [-0.4, -0.2) is 7.11 Å². The molecular formula is C7H5FI2O. The van der Waals surface area contributed by atoms with Crippen molar-refractivity contribution in [2.24, 2.45) is 0 Å². The van der Waals surface area contributed by atoms with E-state index in [9.17, 15) is 4.39 Å². The van der Waals surface area contributed by atoms with Crippen LogP contribution in [0.5, 0.6) is 5.75 Å². The van der Waals surface area contributed by atoms with Gasteiger partial charge in [-0.15, -0.1) is 0 Å². The third-order valence-corrected chi connectivity index (χ3v) is 3.06. The van der Waals surface area contributed by atoms with E-state index in [0.29, 0.717) is 12.9 Å². The van der Waals surface area contributed by atoms with E-state index in [0.717, 1.165) is 0 Å². The molecule has 0 fully saturated rings. The summed E-state index contributed by atoms with van der Waals surface area (Å²) in [5.41, 5.74) is 0. The number of rotatable bonds is 1. The predicted molar refractivity (Wildman–Crippen MR) is 58.4 cm³/mol. The van der Waals surface area contributed by atoms with Crippen molar-refractivity contribution in [3.63, 3.8) is 0 Å². The minimum atomic E-state index is -0.203. The van der Waals surface area contributed by atoms with Crippen LogP contribution in [0.2, 0.25) is 0 Å². The standard InChI is InChI=1S/C7H5FI2O/c1-11-5-3-2-4(9)6(8)7(5)10/h2-3H,1H3. The molecule has 1 nitrogen and oxygen atoms in total. The highest BCUT2D eigenvalue weighted by molar-refractivity contribution is 14.1. The van der Waals surface area contributed by atoms with Gasteiger partial charge in [-0.3, -0.25) is 0 Å². The fraction of sp³-hybridized carbons (Fsp3) is 0.143. The topological polar surface area (TPSA) is 9.23 Å². The highest BCUT2D eigenvalue weighted by atomic mass is 127. The van der Waals surface area contributed by atoms with Crippen molar-refractivity contribution in [1.82, 2.24) is 0 Å². The molecule has 0 heterocycles. The first kappa shape index (κ1) is 9.50. The van der Waals surface area contributed by atoms with E-state index in [1.54, 1.807) is 12.1 Å². The second-order valence-electron chi connectivity index (χ2n) is 1.88. The zero-order chi connectivity index (χ0) is 8.43. The van der Waals surface area contributed by atoms with Gasteiger partial charge in [0.05, 0.1) is 14.3 Å². The number of hydrogen-bond acceptors (Lipinski definition) is 1. The Morgan fingerprint density at radius 1 is 1.36 bits per heavy atom. The number of benzene rings is 1. The van der Waals surface area contributed by atoms with E-state index in [1.165, 1.54) is 7.11 Å². The molecule has 0 N–H and O–H groups in total. The summed E-state index contributed by atoms with van der Waals surface area (Å²) in [5, 5.41) is 0. The Balaban J connectivity index is 3.25. The summed E-state index contributed by atoms with van der Waals surface area (Å²) in [5.74, 6) is 0.383. The van der Waals surface area contributed by atoms with Crippen LogP contribution in [0.1, 0.15) is 0 Å². The van der Waals surface area contributed by atoms with Gasteiger partial charge in [0, 0.05) is 0 Å². The van der Waals surface area contributed by atoms with Crippen LogP contribution in [-0.2, 0) is 0 Å². The lowest BCUT2D eigenvalue weighted by atomic mass is 10.3. The maximum absolute atomic E-state index is 13.1. The summed E-state index contributed by atoms with van der Waals surface area (Å²) in [7, 11) is 1.53. The van der Waals surface area contributed by atoms with Crippen molar-refractivity contribution >= 4 is 45.2 Å². The van der Waals surface area contributed by atoms with E-state index in [1.807, 2.05) is 45.2 Å². The van der Waals surface area contributed by atoms with Gasteiger partial charge in [-0.25, -0.2) is 4.39 Å². The van der Waals surface area contributed by atoms with Crippen LogP contribution in [0.15, 0.2) is 12.1 Å². The molecule has 0 aliphatic heterocycles. The molecule has 0 unspecified atom stereocenters. The molecule has 0 saturated heterocycles. The smallest absolute Gasteiger partial charge is 0.153 e. The van der Waals surface area contributed by atoms with Crippen LogP contribution < -0.4 is 4.74 Å². The van der Waals surface area contributed by atoms with E-state index in [4.69, 9.17) is 4.74 Å². The molecule has 11 heavy (non-hydrogen) atoms. The van der Waals surface area contributed by atoms with Gasteiger partial charge >= 0.3 is 0 Å². The molecule has 60 valence electrons. The maximum atomic E-state index is 13.1. The summed E-state index contributed by atoms with van der Waals surface area (Å²) < 4.78 is 19.2. The normalized spacial score (nSPS) is 9.82. The fourth-order valence-corrected chi connectivity index (χ4v) is 2.32. The second kappa shape index (κ2) is 3.88. The zero-order valence-electron chi connectivity index (χ0n) is 5.70. The molecule has 0 spiro atoms. The van der Waals surface area contributed by atoms with Gasteiger partial charge in [-0.05, 0) is 57.3 Å². The SMILES string of the molecule is COc1ccc(I)c(F)c1I. The number of halogens is 3. The van der Waals surface area contributed by atoms with Gasteiger partial charge in [0.2, 0.25) is 0 Å². The number of ether oxygens (including phenoxy) is 1. The van der Waals surface area contributed by atoms with Crippen molar-refractivity contribution in [1.29, 1.82) is 0 Å². The van der Waals surface area contributed by atoms with E-state index < -0.39 is 0 Å². The highest BCUT2D eigenvalue weighted by Gasteiger charge is 2.08. The molecule has 0 amide bonds. The quantitative estimate of drug-likeness (QED) is 0.540. The summed E-state index contributed by atoms with van der Waals surface area (Å²) >= 11 is 3.87. The average Bonchev–Trinajstić information content (AvgIpc) is 2.01. The van der Waals surface area contributed by atoms with Gasteiger partial charge < -0.3 is 4.74 Å². The Morgan fingerprint density at radius 3 is 2.55 bits per heavy atom. The Kier molecular flexibility index (Phi) is 3.35. The first-order valence-electron chi connectivity index (χ1n) is 2.84. The average molecular weight is 378 g/mol. The van der Waals surface area contributed by atoms with Crippen molar-refractivity contribution in [2.45, 2.75) is 0 Å². The fourth-order valence-electron chi connectivity index (χ4n) is 0.666. The van der Waals surface area contributed by atoms with Crippen molar-refractivity contribution in [2.75, 3.05) is 7.11 Å². The van der Waals surface area contributed by atoms with Gasteiger partial charge in [0.15, 0.2) is 5.82 Å². The van der Waals surface area contributed by atoms with E-state index in [-0.39, 0.29) is 5.82 Å². The predicted octanol–water partition coefficient (Wildman–Crippen LogP) is 3.04. The Hall–Kier alpha value is 0.410. The van der Waals surface area contributed by atoms with Crippen LogP contribution in [0, 0.1) is 13.0 Å². The highest BCUT2D eigenvalue weighted by Crippen LogP contribution is 2.26. The lowest BCUT2D eigenvalue weighted by Gasteiger charge is -2.03. The maximum Gasteiger partial charge on any atom is 0.153 e. The molecule has 1 aromatic carbocycles. The Morgan fingerprint density at radius 2 is 2.00 bits per heavy atom. The van der Waals surface area contributed by atoms with Crippen molar-refractivity contribution in [3.05, 3.63) is 25.1 Å². The third kappa shape index (κ3) is 1.95. The van der Waals surface area contributed by atoms with Gasteiger partial charge in [0.1, 0.15) is 5.75 Å². The van der Waals surface area contributed by atoms with E-state index >= 15 is 0 Å². The summed E-state index contributed by atoms with van der Waals surface area (Å²) in [6, 6.07) is 3.45. The summed E-state index contributed by atoms with van der Waals surface area (Å²) in [6.07, 6.45) is 0. The first-order valence-corrected chi connectivity index (χ1v) is 5.00. The van der Waals surface area contributed by atoms with Crippen LogP contribution in [0.3, 0.4) is 0 Å². The van der Waals surface area contributed by atoms with Crippen LogP contribution in [0.4, 0.5) is 4.39 Å². The van der Waals surface area contributed by atoms with Gasteiger partial charge in [-0.2, -0.15) is 0 Å². The van der Waals surface area contributed by atoms with Crippen molar-refractivity contribution in [3.8, 4) is 5.75 Å². The zero-order valence-corrected chi connectivity index (χ0v) is 10.0. The first-order chi connectivity index (χ1) is 5.16. The van der Waals surface area contributed by atoms with Gasteiger partial charge in [-0.1, -0.05) is 0 Å². The second-order valence-corrected chi connectivity index (χ2v) is 4.12. The molecule has 0 atom stereocenters. The lowest BCUT2D eigenvalue weighted by Crippen LogP contribution is -1.92. The molecule has 0 aliphatic carbocycles. The van der Waals surface area contributed by atoms with Crippen LogP contribution in [0.25, 0.3) is 0 Å². The number of methoxy groups -OCH3 is 1. The molecule has 0 radical (unpaired) electrons. The summed E-state index contributed by atoms with van der Waals surface area (Å²) in [6.45, 7) is 0. The molecule has 0 bridgehead atoms. The number of hydrogen-bond donors (Lipinski definition) is 0. The molecular weight excluding hydrogens is 373 g/mol. The van der Waals surface area contributed by atoms with Crippen LogP contribution >= 0.6 is 45.2 Å². The molecule has 0 saturated carbocycles. The Bertz CT molecular complexity index is 275. The molecule has 1 aromatic rings.